The Morgan fingerprint density at radius 3 is 2.57 bits per heavy atom. The zero-order chi connectivity index (χ0) is 21.7. The quantitative estimate of drug-likeness (QED) is 0.321. The molecule has 2 aromatic carbocycles. The van der Waals surface area contributed by atoms with E-state index in [-0.39, 0.29) is 11.9 Å². The fourth-order valence-corrected chi connectivity index (χ4v) is 3.56. The van der Waals surface area contributed by atoms with Gasteiger partial charge in [-0.25, -0.2) is 10.2 Å². The van der Waals surface area contributed by atoms with Crippen LogP contribution in [-0.2, 0) is 4.74 Å². The van der Waals surface area contributed by atoms with Crippen molar-refractivity contribution in [3.05, 3.63) is 87.1 Å². The molecule has 0 atom stereocenters. The molecule has 0 saturated heterocycles. The Balaban J connectivity index is 1.81. The van der Waals surface area contributed by atoms with E-state index < -0.39 is 0 Å². The first-order chi connectivity index (χ1) is 14.4. The molecule has 0 aliphatic heterocycles. The van der Waals surface area contributed by atoms with E-state index in [0.717, 1.165) is 27.1 Å². The van der Waals surface area contributed by atoms with E-state index in [4.69, 9.17) is 4.74 Å². The molecule has 1 heterocycles. The Morgan fingerprint density at radius 2 is 1.83 bits per heavy atom. The molecule has 1 amide bonds. The summed E-state index contributed by atoms with van der Waals surface area (Å²) in [4.78, 5) is 24.3. The normalized spacial score (nSPS) is 10.9. The summed E-state index contributed by atoms with van der Waals surface area (Å²) in [5.41, 5.74) is 7.20. The van der Waals surface area contributed by atoms with Crippen molar-refractivity contribution in [3.8, 4) is 5.69 Å². The van der Waals surface area contributed by atoms with Crippen molar-refractivity contribution in [3.63, 3.8) is 0 Å². The molecule has 30 heavy (non-hydrogen) atoms. The molecule has 0 fully saturated rings. The summed E-state index contributed by atoms with van der Waals surface area (Å²) in [6, 6.07) is 16.4. The third-order valence-electron chi connectivity index (χ3n) is 4.54. The van der Waals surface area contributed by atoms with Crippen molar-refractivity contribution in [2.75, 3.05) is 6.61 Å². The van der Waals surface area contributed by atoms with Crippen molar-refractivity contribution in [2.45, 2.75) is 20.8 Å². The lowest BCUT2D eigenvalue weighted by Gasteiger charge is -2.11. The number of aromatic nitrogens is 1. The highest BCUT2D eigenvalue weighted by atomic mass is 79.9. The number of benzene rings is 2. The SMILES string of the molecule is CCOC(=O)c1cccc(-n2c(C)cc(/C=N\NC(=O)c3cccc(Br)c3)c2C)c1. The van der Waals surface area contributed by atoms with E-state index in [2.05, 4.69) is 26.5 Å². The summed E-state index contributed by atoms with van der Waals surface area (Å²) in [7, 11) is 0. The van der Waals surface area contributed by atoms with Crippen molar-refractivity contribution < 1.29 is 14.3 Å². The molecule has 0 spiro atoms. The van der Waals surface area contributed by atoms with Crippen molar-refractivity contribution in [1.82, 2.24) is 9.99 Å². The van der Waals surface area contributed by atoms with Gasteiger partial charge in [0.25, 0.3) is 5.91 Å². The van der Waals surface area contributed by atoms with Crippen molar-refractivity contribution >= 4 is 34.0 Å². The number of hydrogen-bond acceptors (Lipinski definition) is 4. The van der Waals surface area contributed by atoms with Crippen LogP contribution in [-0.4, -0.2) is 29.3 Å². The van der Waals surface area contributed by atoms with E-state index in [0.29, 0.717) is 17.7 Å². The minimum atomic E-state index is -0.348. The second-order valence-corrected chi connectivity index (χ2v) is 7.56. The number of ether oxygens (including phenoxy) is 1. The highest BCUT2D eigenvalue weighted by Crippen LogP contribution is 2.21. The smallest absolute Gasteiger partial charge is 0.338 e. The Hall–Kier alpha value is -3.19. The van der Waals surface area contributed by atoms with Crippen LogP contribution < -0.4 is 5.43 Å². The summed E-state index contributed by atoms with van der Waals surface area (Å²) >= 11 is 3.35. The van der Waals surface area contributed by atoms with Crippen LogP contribution in [0.3, 0.4) is 0 Å². The van der Waals surface area contributed by atoms with Gasteiger partial charge in [0, 0.05) is 32.7 Å². The summed E-state index contributed by atoms with van der Waals surface area (Å²) < 4.78 is 7.95. The maximum atomic E-state index is 12.2. The Bertz CT molecular complexity index is 1120. The molecule has 3 rings (SSSR count). The number of esters is 1. The summed E-state index contributed by atoms with van der Waals surface area (Å²) in [5, 5.41) is 4.10. The number of carbonyl (C=O) groups is 2. The summed E-state index contributed by atoms with van der Waals surface area (Å²) in [6.07, 6.45) is 1.61. The van der Waals surface area contributed by atoms with E-state index in [1.165, 1.54) is 0 Å². The molecular formula is C23H22BrN3O3. The molecule has 3 aromatic rings. The fraction of sp³-hybridized carbons (Fsp3) is 0.174. The molecule has 0 radical (unpaired) electrons. The number of nitrogens with one attached hydrogen (secondary N) is 1. The van der Waals surface area contributed by atoms with Crippen molar-refractivity contribution in [2.24, 2.45) is 5.10 Å². The highest BCUT2D eigenvalue weighted by molar-refractivity contribution is 9.10. The maximum Gasteiger partial charge on any atom is 0.338 e. The first-order valence-corrected chi connectivity index (χ1v) is 10.3. The van der Waals surface area contributed by atoms with Crippen molar-refractivity contribution in [1.29, 1.82) is 0 Å². The van der Waals surface area contributed by atoms with Gasteiger partial charge >= 0.3 is 5.97 Å². The first kappa shape index (κ1) is 21.5. The lowest BCUT2D eigenvalue weighted by molar-refractivity contribution is 0.0526. The number of amides is 1. The molecule has 7 heteroatoms. The molecule has 0 bridgehead atoms. The second-order valence-electron chi connectivity index (χ2n) is 6.64. The Morgan fingerprint density at radius 1 is 1.10 bits per heavy atom. The molecule has 6 nitrogen and oxygen atoms in total. The van der Waals surface area contributed by atoms with Gasteiger partial charge in [0.05, 0.1) is 18.4 Å². The number of nitrogens with zero attached hydrogens (tertiary/aromatic N) is 2. The Labute approximate surface area is 183 Å². The molecule has 0 aliphatic carbocycles. The molecule has 0 unspecified atom stereocenters. The van der Waals surface area contributed by atoms with E-state index in [9.17, 15) is 9.59 Å². The van der Waals surface area contributed by atoms with Gasteiger partial charge in [-0.2, -0.15) is 5.10 Å². The van der Waals surface area contributed by atoms with Crippen LogP contribution in [0, 0.1) is 13.8 Å². The zero-order valence-electron chi connectivity index (χ0n) is 17.0. The van der Waals surface area contributed by atoms with Crippen LogP contribution in [0.4, 0.5) is 0 Å². The van der Waals surface area contributed by atoms with Gasteiger partial charge in [-0.15, -0.1) is 0 Å². The topological polar surface area (TPSA) is 72.7 Å². The van der Waals surface area contributed by atoms with Gasteiger partial charge in [0.2, 0.25) is 0 Å². The third kappa shape index (κ3) is 4.86. The fourth-order valence-electron chi connectivity index (χ4n) is 3.16. The standard InChI is InChI=1S/C23H22BrN3O3/c1-4-30-23(29)18-8-6-10-21(13-18)27-15(2)11-19(16(27)3)14-25-26-22(28)17-7-5-9-20(24)12-17/h5-14H,4H2,1-3H3,(H,26,28)/b25-14-. The Kier molecular flexibility index (Phi) is 6.84. The molecule has 0 saturated carbocycles. The number of hydrazone groups is 1. The predicted octanol–water partition coefficient (Wildman–Crippen LogP) is 4.80. The lowest BCUT2D eigenvalue weighted by atomic mass is 10.2. The average Bonchev–Trinajstić information content (AvgIpc) is 3.01. The predicted molar refractivity (Wildman–Crippen MR) is 120 cm³/mol. The zero-order valence-corrected chi connectivity index (χ0v) is 18.6. The number of hydrogen-bond donors (Lipinski definition) is 1. The van der Waals surface area contributed by atoms with Gasteiger partial charge in [-0.1, -0.05) is 28.1 Å². The van der Waals surface area contributed by atoms with Crippen LogP contribution in [0.1, 0.15) is 44.6 Å². The number of rotatable bonds is 6. The molecule has 0 aliphatic rings. The van der Waals surface area contributed by atoms with Crippen LogP contribution >= 0.6 is 15.9 Å². The third-order valence-corrected chi connectivity index (χ3v) is 5.04. The van der Waals surface area contributed by atoms with Gasteiger partial charge in [0.1, 0.15) is 0 Å². The number of halogens is 1. The van der Waals surface area contributed by atoms with E-state index in [1.807, 2.05) is 42.7 Å². The van der Waals surface area contributed by atoms with Crippen LogP contribution in [0.15, 0.2) is 64.2 Å². The van der Waals surface area contributed by atoms with Gasteiger partial charge < -0.3 is 9.30 Å². The summed E-state index contributed by atoms with van der Waals surface area (Å²) in [6.45, 7) is 6.04. The molecule has 1 aromatic heterocycles. The molecule has 1 N–H and O–H groups in total. The van der Waals surface area contributed by atoms with Gasteiger partial charge in [-0.05, 0) is 63.2 Å². The minimum Gasteiger partial charge on any atom is -0.462 e. The van der Waals surface area contributed by atoms with Crippen LogP contribution in [0.5, 0.6) is 0 Å². The second kappa shape index (κ2) is 9.54. The van der Waals surface area contributed by atoms with Crippen LogP contribution in [0.2, 0.25) is 0 Å². The lowest BCUT2D eigenvalue weighted by Crippen LogP contribution is -2.17. The molecular weight excluding hydrogens is 446 g/mol. The van der Waals surface area contributed by atoms with Crippen LogP contribution in [0.25, 0.3) is 5.69 Å². The first-order valence-electron chi connectivity index (χ1n) is 9.46. The number of aryl methyl sites for hydroxylation is 1. The average molecular weight is 468 g/mol. The maximum absolute atomic E-state index is 12.2. The number of carbonyl (C=O) groups excluding carboxylic acids is 2. The molecule has 154 valence electrons. The van der Waals surface area contributed by atoms with E-state index >= 15 is 0 Å². The largest absolute Gasteiger partial charge is 0.462 e. The highest BCUT2D eigenvalue weighted by Gasteiger charge is 2.13. The van der Waals surface area contributed by atoms with E-state index in [1.54, 1.807) is 43.5 Å². The van der Waals surface area contributed by atoms with Gasteiger partial charge in [0.15, 0.2) is 0 Å². The summed E-state index contributed by atoms with van der Waals surface area (Å²) in [5.74, 6) is -0.637. The minimum absolute atomic E-state index is 0.288. The monoisotopic (exact) mass is 467 g/mol. The van der Waals surface area contributed by atoms with Gasteiger partial charge in [-0.3, -0.25) is 4.79 Å².